The molecular formula is C19H29ClN4O. The van der Waals surface area contributed by atoms with Gasteiger partial charge in [-0.25, -0.2) is 0 Å². The molecule has 0 radical (unpaired) electrons. The van der Waals surface area contributed by atoms with Crippen molar-refractivity contribution in [1.82, 2.24) is 15.1 Å². The van der Waals surface area contributed by atoms with E-state index in [1.54, 1.807) is 7.11 Å². The summed E-state index contributed by atoms with van der Waals surface area (Å²) in [6.45, 7) is 5.31. The zero-order valence-corrected chi connectivity index (χ0v) is 16.0. The molecule has 1 aromatic rings. The summed E-state index contributed by atoms with van der Waals surface area (Å²) < 4.78 is 5.65. The maximum absolute atomic E-state index is 6.11. The smallest absolute Gasteiger partial charge is 0.193 e. The van der Waals surface area contributed by atoms with Gasteiger partial charge in [0.05, 0.1) is 6.10 Å². The van der Waals surface area contributed by atoms with Crippen LogP contribution in [0.5, 0.6) is 0 Å². The van der Waals surface area contributed by atoms with E-state index in [9.17, 15) is 0 Å². The molecule has 0 bridgehead atoms. The predicted octanol–water partition coefficient (Wildman–Crippen LogP) is 2.77. The Morgan fingerprint density at radius 2 is 2.16 bits per heavy atom. The summed E-state index contributed by atoms with van der Waals surface area (Å²) >= 11 is 6.11. The van der Waals surface area contributed by atoms with Crippen molar-refractivity contribution in [1.29, 1.82) is 0 Å². The van der Waals surface area contributed by atoms with Gasteiger partial charge in [-0.3, -0.25) is 9.89 Å². The van der Waals surface area contributed by atoms with Crippen molar-refractivity contribution in [2.75, 3.05) is 46.9 Å². The van der Waals surface area contributed by atoms with E-state index in [-0.39, 0.29) is 6.10 Å². The second-order valence-electron chi connectivity index (χ2n) is 6.84. The van der Waals surface area contributed by atoms with Gasteiger partial charge in [0.15, 0.2) is 5.96 Å². The molecule has 0 aliphatic carbocycles. The Labute approximate surface area is 156 Å². The fourth-order valence-corrected chi connectivity index (χ4v) is 4.10. The molecule has 138 valence electrons. The predicted molar refractivity (Wildman–Crippen MR) is 103 cm³/mol. The van der Waals surface area contributed by atoms with Crippen molar-refractivity contribution in [2.24, 2.45) is 4.99 Å². The average Bonchev–Trinajstić information content (AvgIpc) is 3.30. The molecule has 25 heavy (non-hydrogen) atoms. The molecule has 2 atom stereocenters. The first kappa shape index (κ1) is 18.5. The number of aliphatic imine (C=N–C) groups is 1. The minimum Gasteiger partial charge on any atom is -0.375 e. The Bertz CT molecular complexity index is 589. The number of hydrogen-bond acceptors (Lipinski definition) is 3. The average molecular weight is 365 g/mol. The Balaban J connectivity index is 1.55. The van der Waals surface area contributed by atoms with Gasteiger partial charge in [0.1, 0.15) is 0 Å². The maximum atomic E-state index is 6.11. The molecule has 0 saturated carbocycles. The van der Waals surface area contributed by atoms with Crippen LogP contribution in [0.1, 0.15) is 30.9 Å². The molecule has 0 amide bonds. The highest BCUT2D eigenvalue weighted by molar-refractivity contribution is 6.30. The Morgan fingerprint density at radius 1 is 1.36 bits per heavy atom. The van der Waals surface area contributed by atoms with Crippen LogP contribution < -0.4 is 5.32 Å². The van der Waals surface area contributed by atoms with E-state index in [4.69, 9.17) is 16.3 Å². The molecule has 2 aliphatic heterocycles. The lowest BCUT2D eigenvalue weighted by Gasteiger charge is -2.26. The van der Waals surface area contributed by atoms with Crippen molar-refractivity contribution in [2.45, 2.75) is 31.4 Å². The summed E-state index contributed by atoms with van der Waals surface area (Å²) in [6, 6.07) is 8.52. The largest absolute Gasteiger partial charge is 0.375 e. The van der Waals surface area contributed by atoms with Gasteiger partial charge in [-0.1, -0.05) is 23.7 Å². The number of benzene rings is 1. The lowest BCUT2D eigenvalue weighted by molar-refractivity contribution is 0.106. The number of hydrogen-bond donors (Lipinski definition) is 1. The molecule has 2 aliphatic rings. The number of ether oxygens (including phenoxy) is 1. The number of methoxy groups -OCH3 is 1. The molecule has 2 heterocycles. The third kappa shape index (κ3) is 4.66. The van der Waals surface area contributed by atoms with E-state index >= 15 is 0 Å². The van der Waals surface area contributed by atoms with Crippen LogP contribution >= 0.6 is 11.6 Å². The van der Waals surface area contributed by atoms with Gasteiger partial charge < -0.3 is 15.0 Å². The highest BCUT2D eigenvalue weighted by Crippen LogP contribution is 2.22. The van der Waals surface area contributed by atoms with Crippen LogP contribution in [0.2, 0.25) is 5.02 Å². The van der Waals surface area contributed by atoms with Gasteiger partial charge in [-0.15, -0.1) is 0 Å². The number of nitrogens with zero attached hydrogens (tertiary/aromatic N) is 3. The van der Waals surface area contributed by atoms with Gasteiger partial charge in [0.25, 0.3) is 0 Å². The van der Waals surface area contributed by atoms with E-state index in [1.807, 2.05) is 31.3 Å². The fraction of sp³-hybridized carbons (Fsp3) is 0.632. The normalized spacial score (nSPS) is 23.2. The number of halogens is 1. The Kier molecular flexibility index (Phi) is 6.57. The van der Waals surface area contributed by atoms with Gasteiger partial charge >= 0.3 is 0 Å². The van der Waals surface area contributed by atoms with Crippen LogP contribution in [0, 0.1) is 0 Å². The van der Waals surface area contributed by atoms with Gasteiger partial charge in [-0.2, -0.15) is 0 Å². The van der Waals surface area contributed by atoms with Crippen LogP contribution in [0.15, 0.2) is 29.3 Å². The molecule has 3 rings (SSSR count). The third-order valence-corrected chi connectivity index (χ3v) is 5.52. The number of guanidine groups is 1. The van der Waals surface area contributed by atoms with E-state index in [0.717, 1.165) is 29.6 Å². The summed E-state index contributed by atoms with van der Waals surface area (Å²) in [6.07, 6.45) is 3.87. The van der Waals surface area contributed by atoms with Crippen molar-refractivity contribution < 1.29 is 4.74 Å². The Hall–Kier alpha value is -1.30. The molecule has 5 nitrogen and oxygen atoms in total. The lowest BCUT2D eigenvalue weighted by Crippen LogP contribution is -2.44. The third-order valence-electron chi connectivity index (χ3n) is 5.28. The van der Waals surface area contributed by atoms with E-state index < -0.39 is 0 Å². The molecule has 1 aromatic carbocycles. The summed E-state index contributed by atoms with van der Waals surface area (Å²) in [7, 11) is 3.59. The Morgan fingerprint density at radius 3 is 2.84 bits per heavy atom. The summed E-state index contributed by atoms with van der Waals surface area (Å²) in [5.41, 5.74) is 1.08. The van der Waals surface area contributed by atoms with E-state index in [0.29, 0.717) is 12.6 Å². The van der Waals surface area contributed by atoms with Crippen molar-refractivity contribution >= 4 is 17.6 Å². The monoisotopic (exact) mass is 364 g/mol. The highest BCUT2D eigenvalue weighted by Gasteiger charge is 2.30. The summed E-state index contributed by atoms with van der Waals surface area (Å²) in [5, 5.41) is 4.21. The highest BCUT2D eigenvalue weighted by atomic mass is 35.5. The van der Waals surface area contributed by atoms with Crippen LogP contribution in [-0.4, -0.2) is 68.7 Å². The summed E-state index contributed by atoms with van der Waals surface area (Å²) in [5.74, 6) is 0.964. The molecule has 0 aromatic heterocycles. The molecule has 2 saturated heterocycles. The number of rotatable bonds is 5. The van der Waals surface area contributed by atoms with Crippen LogP contribution in [0.25, 0.3) is 0 Å². The number of nitrogens with one attached hydrogen (secondary N) is 1. The van der Waals surface area contributed by atoms with Gasteiger partial charge in [0.2, 0.25) is 0 Å². The zero-order chi connectivity index (χ0) is 17.6. The maximum Gasteiger partial charge on any atom is 0.193 e. The van der Waals surface area contributed by atoms with Crippen LogP contribution in [0.3, 0.4) is 0 Å². The molecular weight excluding hydrogens is 336 g/mol. The second-order valence-corrected chi connectivity index (χ2v) is 7.28. The van der Waals surface area contributed by atoms with Crippen LogP contribution in [0.4, 0.5) is 0 Å². The van der Waals surface area contributed by atoms with Crippen molar-refractivity contribution in [3.63, 3.8) is 0 Å². The van der Waals surface area contributed by atoms with Crippen molar-refractivity contribution in [3.05, 3.63) is 34.9 Å². The first-order chi connectivity index (χ1) is 12.2. The van der Waals surface area contributed by atoms with Gasteiger partial charge in [-0.05, 0) is 50.0 Å². The van der Waals surface area contributed by atoms with Crippen LogP contribution in [-0.2, 0) is 4.74 Å². The van der Waals surface area contributed by atoms with E-state index in [1.165, 1.54) is 32.4 Å². The SMILES string of the molecule is CN=C(NCC(OC)c1cccc(Cl)c1)N1CCC(N2CCCC2)C1. The molecule has 1 N–H and O–H groups in total. The fourth-order valence-electron chi connectivity index (χ4n) is 3.90. The molecule has 0 spiro atoms. The first-order valence-electron chi connectivity index (χ1n) is 9.19. The molecule has 2 unspecified atom stereocenters. The molecule has 6 heteroatoms. The second kappa shape index (κ2) is 8.88. The topological polar surface area (TPSA) is 40.1 Å². The minimum absolute atomic E-state index is 0.0487. The molecule has 2 fully saturated rings. The lowest BCUT2D eigenvalue weighted by atomic mass is 10.1. The minimum atomic E-state index is -0.0487. The zero-order valence-electron chi connectivity index (χ0n) is 15.2. The standard InChI is InChI=1S/C19H29ClN4O/c1-21-19(24-11-8-17(14-24)23-9-3-4-10-23)22-13-18(25-2)15-6-5-7-16(20)12-15/h5-7,12,17-18H,3-4,8-11,13-14H2,1-2H3,(H,21,22). The first-order valence-corrected chi connectivity index (χ1v) is 9.57. The number of likely N-dealkylation sites (tertiary alicyclic amines) is 2. The van der Waals surface area contributed by atoms with Gasteiger partial charge in [0, 0.05) is 44.9 Å². The summed E-state index contributed by atoms with van der Waals surface area (Å²) in [4.78, 5) is 9.48. The van der Waals surface area contributed by atoms with Crippen molar-refractivity contribution in [3.8, 4) is 0 Å². The van der Waals surface area contributed by atoms with E-state index in [2.05, 4.69) is 20.1 Å². The quantitative estimate of drug-likeness (QED) is 0.644.